The first-order valence-corrected chi connectivity index (χ1v) is 17.2. The molecule has 0 spiro atoms. The van der Waals surface area contributed by atoms with Gasteiger partial charge in [0.15, 0.2) is 11.6 Å². The van der Waals surface area contributed by atoms with Gasteiger partial charge in [-0.1, -0.05) is 0 Å². The van der Waals surface area contributed by atoms with Gasteiger partial charge in [-0.2, -0.15) is 20.7 Å². The van der Waals surface area contributed by atoms with Gasteiger partial charge in [0.2, 0.25) is 11.8 Å². The predicted octanol–water partition coefficient (Wildman–Crippen LogP) is 2.90. The number of nitriles is 2. The number of nitrogens with one attached hydrogen (secondary N) is 4. The number of amides is 2. The molecule has 0 saturated carbocycles. The first-order valence-electron chi connectivity index (χ1n) is 17.2. The van der Waals surface area contributed by atoms with Gasteiger partial charge in [0, 0.05) is 72.6 Å². The van der Waals surface area contributed by atoms with Crippen molar-refractivity contribution in [2.75, 3.05) is 35.2 Å². The van der Waals surface area contributed by atoms with E-state index in [1.54, 1.807) is 35.6 Å². The van der Waals surface area contributed by atoms with Crippen LogP contribution in [0.3, 0.4) is 0 Å². The Morgan fingerprint density at radius 2 is 1.11 bits per heavy atom. The summed E-state index contributed by atoms with van der Waals surface area (Å²) in [4.78, 5) is 40.6. The molecule has 2 aliphatic heterocycles. The molecule has 6 aromatic heterocycles. The van der Waals surface area contributed by atoms with E-state index in [1.807, 2.05) is 36.4 Å². The van der Waals surface area contributed by atoms with Gasteiger partial charge in [0.05, 0.1) is 35.4 Å². The summed E-state index contributed by atoms with van der Waals surface area (Å²) in [5.41, 5.74) is 15.2. The van der Waals surface area contributed by atoms with Crippen molar-refractivity contribution >= 4 is 68.3 Å². The monoisotopic (exact) mass is 724 g/mol. The Kier molecular flexibility index (Phi) is 9.56. The molecule has 0 saturated heterocycles. The highest BCUT2D eigenvalue weighted by Crippen LogP contribution is 2.28. The Bertz CT molecular complexity index is 2340. The molecule has 272 valence electrons. The second-order valence-corrected chi connectivity index (χ2v) is 13.0. The maximum Gasteiger partial charge on any atom is 0.241 e. The molecule has 0 aliphatic carbocycles. The first kappa shape index (κ1) is 35.1. The molecule has 8 heterocycles. The van der Waals surface area contributed by atoms with Crippen LogP contribution in [0.4, 0.5) is 34.9 Å². The molecule has 0 fully saturated rings. The molecule has 2 atom stereocenters. The van der Waals surface area contributed by atoms with E-state index < -0.39 is 0 Å². The highest BCUT2D eigenvalue weighted by atomic mass is 16.2. The number of carbonyl (C=O) groups excluding carboxylic acids is 2. The van der Waals surface area contributed by atoms with E-state index in [9.17, 15) is 9.59 Å². The quantitative estimate of drug-likeness (QED) is 0.144. The maximum absolute atomic E-state index is 11.7. The molecular formula is C36H36N16O2. The minimum Gasteiger partial charge on any atom is -0.383 e. The van der Waals surface area contributed by atoms with Gasteiger partial charge >= 0.3 is 0 Å². The molecule has 8 N–H and O–H groups in total. The van der Waals surface area contributed by atoms with Gasteiger partial charge in [-0.05, 0) is 48.9 Å². The third-order valence-corrected chi connectivity index (χ3v) is 9.04. The SMILES string of the molecule is C[C@@H](C#N)c1cc2cc(Nc3cc4n(n3)CC(=O)NCC4)ncc2c(N)n1.C[C@H](C#N)c1cc2cc(Nc3cc4n(n3)CC(=O)NCC4)ncc2c(N)n1. The fourth-order valence-electron chi connectivity index (χ4n) is 6.12. The van der Waals surface area contributed by atoms with Crippen LogP contribution in [-0.2, 0) is 35.5 Å². The van der Waals surface area contributed by atoms with E-state index in [2.05, 4.69) is 63.5 Å². The van der Waals surface area contributed by atoms with Crippen molar-refractivity contribution in [3.05, 3.63) is 71.6 Å². The number of fused-ring (bicyclic) bond motifs is 4. The molecule has 0 bridgehead atoms. The van der Waals surface area contributed by atoms with E-state index in [4.69, 9.17) is 22.0 Å². The van der Waals surface area contributed by atoms with Gasteiger partial charge in [0.25, 0.3) is 0 Å². The summed E-state index contributed by atoms with van der Waals surface area (Å²) in [6, 6.07) is 15.5. The molecule has 0 aromatic carbocycles. The molecule has 0 unspecified atom stereocenters. The molecule has 0 radical (unpaired) electrons. The largest absolute Gasteiger partial charge is 0.383 e. The number of carbonyl (C=O) groups is 2. The summed E-state index contributed by atoms with van der Waals surface area (Å²) < 4.78 is 3.39. The number of pyridine rings is 4. The van der Waals surface area contributed by atoms with Crippen LogP contribution >= 0.6 is 0 Å². The summed E-state index contributed by atoms with van der Waals surface area (Å²) in [7, 11) is 0. The van der Waals surface area contributed by atoms with Crippen LogP contribution in [0.2, 0.25) is 0 Å². The van der Waals surface area contributed by atoms with E-state index in [0.717, 1.165) is 45.8 Å². The number of hydrogen-bond donors (Lipinski definition) is 6. The number of nitrogens with zero attached hydrogens (tertiary/aromatic N) is 10. The lowest BCUT2D eigenvalue weighted by Gasteiger charge is -2.09. The second kappa shape index (κ2) is 14.7. The van der Waals surface area contributed by atoms with Gasteiger partial charge in [-0.3, -0.25) is 19.0 Å². The van der Waals surface area contributed by atoms with Crippen LogP contribution in [0, 0.1) is 22.7 Å². The smallest absolute Gasteiger partial charge is 0.241 e. The van der Waals surface area contributed by atoms with Crippen molar-refractivity contribution in [1.29, 1.82) is 10.5 Å². The van der Waals surface area contributed by atoms with Crippen molar-refractivity contribution in [2.45, 2.75) is 51.6 Å². The van der Waals surface area contributed by atoms with Crippen LogP contribution < -0.4 is 32.7 Å². The molecule has 2 amide bonds. The lowest BCUT2D eigenvalue weighted by molar-refractivity contribution is -0.122. The van der Waals surface area contributed by atoms with Crippen LogP contribution in [0.1, 0.15) is 48.5 Å². The normalized spacial score (nSPS) is 14.7. The van der Waals surface area contributed by atoms with E-state index in [-0.39, 0.29) is 36.7 Å². The van der Waals surface area contributed by atoms with Crippen molar-refractivity contribution < 1.29 is 9.59 Å². The number of nitrogen functional groups attached to an aromatic ring is 2. The van der Waals surface area contributed by atoms with E-state index >= 15 is 0 Å². The Morgan fingerprint density at radius 3 is 1.52 bits per heavy atom. The second-order valence-electron chi connectivity index (χ2n) is 13.0. The van der Waals surface area contributed by atoms with Crippen LogP contribution in [0.5, 0.6) is 0 Å². The van der Waals surface area contributed by atoms with E-state index in [0.29, 0.717) is 59.4 Å². The number of hydrogen-bond acceptors (Lipinski definition) is 14. The number of nitrogens with two attached hydrogens (primary N) is 2. The van der Waals surface area contributed by atoms with Gasteiger partial charge in [-0.15, -0.1) is 0 Å². The lowest BCUT2D eigenvalue weighted by atomic mass is 10.1. The zero-order valence-corrected chi connectivity index (χ0v) is 29.5. The Balaban J connectivity index is 0.000000167. The standard InChI is InChI=1S/2C18H18N8O/c2*1-10(7-19)14-4-11-5-15(22-8-13(11)18(20)23-14)24-16-6-12-2-3-21-17(27)9-26(12)25-16/h2*4-6,8,10H,2-3,9H2,1H3,(H2,20,23)(H,21,27)(H,22,24,25)/t2*10-/m10/s1. The topological polar surface area (TPSA) is 269 Å². The number of aromatic nitrogens is 8. The van der Waals surface area contributed by atoms with Gasteiger partial charge in [-0.25, -0.2) is 19.9 Å². The van der Waals surface area contributed by atoms with Crippen molar-refractivity contribution in [1.82, 2.24) is 50.1 Å². The fraction of sp³-hybridized carbons (Fsp3) is 0.278. The Hall–Kier alpha value is -7.34. The third kappa shape index (κ3) is 7.48. The zero-order chi connectivity index (χ0) is 37.9. The van der Waals surface area contributed by atoms with Gasteiger partial charge < -0.3 is 32.7 Å². The molecule has 8 rings (SSSR count). The van der Waals surface area contributed by atoms with Crippen LogP contribution in [0.25, 0.3) is 21.5 Å². The molecule has 18 nitrogen and oxygen atoms in total. The minimum atomic E-state index is -0.351. The fourth-order valence-corrected chi connectivity index (χ4v) is 6.12. The molecule has 18 heteroatoms. The van der Waals surface area contributed by atoms with Crippen molar-refractivity contribution in [2.24, 2.45) is 0 Å². The Morgan fingerprint density at radius 1 is 0.685 bits per heavy atom. The molecule has 54 heavy (non-hydrogen) atoms. The van der Waals surface area contributed by atoms with Crippen molar-refractivity contribution in [3.8, 4) is 12.1 Å². The summed E-state index contributed by atoms with van der Waals surface area (Å²) in [5, 5.41) is 42.2. The first-order chi connectivity index (χ1) is 26.1. The average molecular weight is 725 g/mol. The molecule has 6 aromatic rings. The minimum absolute atomic E-state index is 0.0469. The highest BCUT2D eigenvalue weighted by Gasteiger charge is 2.18. The molecular weight excluding hydrogens is 689 g/mol. The van der Waals surface area contributed by atoms with Crippen LogP contribution in [-0.4, -0.2) is 64.4 Å². The highest BCUT2D eigenvalue weighted by molar-refractivity contribution is 5.93. The Labute approximate surface area is 308 Å². The third-order valence-electron chi connectivity index (χ3n) is 9.04. The summed E-state index contributed by atoms with van der Waals surface area (Å²) in [6.07, 6.45) is 4.75. The zero-order valence-electron chi connectivity index (χ0n) is 29.5. The molecule has 2 aliphatic rings. The average Bonchev–Trinajstić information content (AvgIpc) is 3.59. The number of anilines is 6. The maximum atomic E-state index is 11.7. The van der Waals surface area contributed by atoms with Crippen LogP contribution in [0.15, 0.2) is 48.8 Å². The lowest BCUT2D eigenvalue weighted by Crippen LogP contribution is -2.25. The van der Waals surface area contributed by atoms with Gasteiger partial charge in [0.1, 0.15) is 36.4 Å². The number of rotatable bonds is 6. The summed E-state index contributed by atoms with van der Waals surface area (Å²) in [5.74, 6) is 2.35. The summed E-state index contributed by atoms with van der Waals surface area (Å²) >= 11 is 0. The predicted molar refractivity (Wildman–Crippen MR) is 200 cm³/mol. The van der Waals surface area contributed by atoms with Crippen molar-refractivity contribution in [3.63, 3.8) is 0 Å². The van der Waals surface area contributed by atoms with E-state index in [1.165, 1.54) is 0 Å². The summed E-state index contributed by atoms with van der Waals surface area (Å²) in [6.45, 7) is 5.18.